The number of carbonyl (C=O) groups excluding carboxylic acids is 1. The number of benzene rings is 2. The van der Waals surface area contributed by atoms with E-state index in [1.807, 2.05) is 53.9 Å². The number of amides is 2. The maximum atomic E-state index is 12.9. The van der Waals surface area contributed by atoms with Gasteiger partial charge in [-0.1, -0.05) is 47.6 Å². The Morgan fingerprint density at radius 3 is 2.13 bits per heavy atom. The van der Waals surface area contributed by atoms with Gasteiger partial charge >= 0.3 is 6.03 Å². The number of nitrogens with zero attached hydrogens (tertiary/aromatic N) is 2. The van der Waals surface area contributed by atoms with Crippen LogP contribution >= 0.6 is 23.7 Å². The normalized spacial score (nSPS) is 14.5. The van der Waals surface area contributed by atoms with E-state index in [2.05, 4.69) is 51.9 Å². The Bertz CT molecular complexity index is 1250. The van der Waals surface area contributed by atoms with Gasteiger partial charge in [0.15, 0.2) is 0 Å². The molecule has 4 rings (SSSR count). The standard InChI is InChI=1S/C29H36N4O3S.ClH/c1-28(2,3)22-14-19(15-23(25(22)34)29(4,5)6)32-27(35)33-16-21(17-33)36-20-11-9-18(10-12-20)31-26(30)24-8-7-13-37-24;/h7-15,21,34H,16-17H2,1-6H3,(H2,30,31)(H,32,35);1H. The van der Waals surface area contributed by atoms with Gasteiger partial charge in [-0.05, 0) is 58.7 Å². The molecule has 1 aliphatic heterocycles. The zero-order chi connectivity index (χ0) is 27.0. The summed E-state index contributed by atoms with van der Waals surface area (Å²) in [5.41, 5.74) is 8.58. The summed E-state index contributed by atoms with van der Waals surface area (Å²) in [6.45, 7) is 13.3. The number of hydrogen-bond acceptors (Lipinski definition) is 5. The first-order valence-electron chi connectivity index (χ1n) is 12.4. The molecule has 0 unspecified atom stereocenters. The maximum absolute atomic E-state index is 12.9. The Kier molecular flexibility index (Phi) is 8.68. The number of aromatic hydroxyl groups is 1. The van der Waals surface area contributed by atoms with E-state index in [4.69, 9.17) is 10.5 Å². The number of nitrogens with two attached hydrogens (primary N) is 1. The van der Waals surface area contributed by atoms with Gasteiger partial charge in [0.2, 0.25) is 0 Å². The summed E-state index contributed by atoms with van der Waals surface area (Å²) in [4.78, 5) is 20.0. The van der Waals surface area contributed by atoms with E-state index < -0.39 is 0 Å². The summed E-state index contributed by atoms with van der Waals surface area (Å²) >= 11 is 1.55. The predicted octanol–water partition coefficient (Wildman–Crippen LogP) is 6.80. The highest BCUT2D eigenvalue weighted by molar-refractivity contribution is 7.12. The number of halogens is 1. The molecule has 1 aromatic heterocycles. The van der Waals surface area contributed by atoms with Gasteiger partial charge in [0.05, 0.1) is 23.7 Å². The van der Waals surface area contributed by atoms with E-state index in [0.29, 0.717) is 30.4 Å². The number of anilines is 1. The lowest BCUT2D eigenvalue weighted by Gasteiger charge is -2.39. The molecule has 1 fully saturated rings. The van der Waals surface area contributed by atoms with Gasteiger partial charge in [-0.25, -0.2) is 9.79 Å². The Balaban J connectivity index is 0.00000400. The SMILES string of the molecule is CC(C)(C)c1cc(NC(=O)N2CC(Oc3ccc(N=C(N)c4cccs4)cc3)C2)cc(C(C)(C)C)c1O.Cl. The third kappa shape index (κ3) is 6.79. The molecule has 204 valence electrons. The minimum Gasteiger partial charge on any atom is -0.507 e. The fourth-order valence-electron chi connectivity index (χ4n) is 4.14. The maximum Gasteiger partial charge on any atom is 0.322 e. The molecular formula is C29H37ClN4O3S. The monoisotopic (exact) mass is 556 g/mol. The van der Waals surface area contributed by atoms with Crippen molar-refractivity contribution in [2.24, 2.45) is 10.7 Å². The third-order valence-corrected chi connectivity index (χ3v) is 7.17. The number of carbonyl (C=O) groups is 1. The van der Waals surface area contributed by atoms with Crippen LogP contribution < -0.4 is 15.8 Å². The summed E-state index contributed by atoms with van der Waals surface area (Å²) in [7, 11) is 0. The molecule has 7 nitrogen and oxygen atoms in total. The molecule has 3 aromatic rings. The molecule has 1 aliphatic rings. The summed E-state index contributed by atoms with van der Waals surface area (Å²) in [6, 6.07) is 14.9. The van der Waals surface area contributed by atoms with Gasteiger partial charge in [0.25, 0.3) is 0 Å². The van der Waals surface area contributed by atoms with Crippen LogP contribution in [0.2, 0.25) is 0 Å². The fourth-order valence-corrected chi connectivity index (χ4v) is 4.77. The molecule has 0 radical (unpaired) electrons. The molecule has 0 aliphatic carbocycles. The van der Waals surface area contributed by atoms with Gasteiger partial charge in [-0.2, -0.15) is 0 Å². The number of phenolic OH excluding ortho intramolecular Hbond substituents is 1. The summed E-state index contributed by atoms with van der Waals surface area (Å²) < 4.78 is 6.02. The highest BCUT2D eigenvalue weighted by atomic mass is 35.5. The highest BCUT2D eigenvalue weighted by Crippen LogP contribution is 2.41. The number of urea groups is 1. The Morgan fingerprint density at radius 1 is 1.05 bits per heavy atom. The van der Waals surface area contributed by atoms with Crippen molar-refractivity contribution in [2.75, 3.05) is 18.4 Å². The van der Waals surface area contributed by atoms with Crippen LogP contribution in [0.25, 0.3) is 0 Å². The van der Waals surface area contributed by atoms with E-state index in [-0.39, 0.29) is 35.4 Å². The quantitative estimate of drug-likeness (QED) is 0.183. The number of hydrogen-bond donors (Lipinski definition) is 3. The minimum absolute atomic E-state index is 0. The Hall–Kier alpha value is -3.23. The average molecular weight is 557 g/mol. The lowest BCUT2D eigenvalue weighted by Crippen LogP contribution is -2.57. The van der Waals surface area contributed by atoms with Crippen LogP contribution in [0.15, 0.2) is 58.9 Å². The van der Waals surface area contributed by atoms with Crippen molar-refractivity contribution in [3.05, 3.63) is 69.9 Å². The minimum atomic E-state index is -0.267. The largest absolute Gasteiger partial charge is 0.507 e. The molecule has 2 aromatic carbocycles. The number of phenols is 1. The predicted molar refractivity (Wildman–Crippen MR) is 159 cm³/mol. The van der Waals surface area contributed by atoms with Gasteiger partial charge in [-0.3, -0.25) is 0 Å². The molecule has 1 saturated heterocycles. The van der Waals surface area contributed by atoms with E-state index in [1.165, 1.54) is 0 Å². The zero-order valence-corrected chi connectivity index (χ0v) is 24.4. The van der Waals surface area contributed by atoms with Crippen LogP contribution in [-0.4, -0.2) is 41.1 Å². The first-order valence-corrected chi connectivity index (χ1v) is 13.3. The molecule has 4 N–H and O–H groups in total. The smallest absolute Gasteiger partial charge is 0.322 e. The molecule has 9 heteroatoms. The topological polar surface area (TPSA) is 100 Å². The molecular weight excluding hydrogens is 520 g/mol. The van der Waals surface area contributed by atoms with Crippen LogP contribution in [0.5, 0.6) is 11.5 Å². The molecule has 2 heterocycles. The first kappa shape index (κ1) is 29.3. The van der Waals surface area contributed by atoms with Crippen LogP contribution in [-0.2, 0) is 10.8 Å². The molecule has 2 amide bonds. The number of nitrogens with one attached hydrogen (secondary N) is 1. The number of rotatable bonds is 5. The number of amidine groups is 1. The van der Waals surface area contributed by atoms with Crippen LogP contribution in [0, 0.1) is 0 Å². The van der Waals surface area contributed by atoms with Crippen molar-refractivity contribution < 1.29 is 14.6 Å². The van der Waals surface area contributed by atoms with Crippen molar-refractivity contribution in [3.63, 3.8) is 0 Å². The number of ether oxygens (including phenoxy) is 1. The van der Waals surface area contributed by atoms with Crippen molar-refractivity contribution in [3.8, 4) is 11.5 Å². The third-order valence-electron chi connectivity index (χ3n) is 6.28. The zero-order valence-electron chi connectivity index (χ0n) is 22.7. The van der Waals surface area contributed by atoms with Crippen molar-refractivity contribution in [2.45, 2.75) is 58.5 Å². The van der Waals surface area contributed by atoms with E-state index >= 15 is 0 Å². The highest BCUT2D eigenvalue weighted by Gasteiger charge is 2.33. The number of aliphatic imine (C=N–C) groups is 1. The van der Waals surface area contributed by atoms with Crippen LogP contribution in [0.3, 0.4) is 0 Å². The Labute approximate surface area is 235 Å². The lowest BCUT2D eigenvalue weighted by molar-refractivity contribution is 0.0493. The van der Waals surface area contributed by atoms with Crippen molar-refractivity contribution in [1.82, 2.24) is 4.90 Å². The average Bonchev–Trinajstić information content (AvgIpc) is 3.31. The molecule has 0 atom stereocenters. The molecule has 0 saturated carbocycles. The van der Waals surface area contributed by atoms with Crippen molar-refractivity contribution in [1.29, 1.82) is 0 Å². The van der Waals surface area contributed by atoms with Crippen LogP contribution in [0.4, 0.5) is 16.2 Å². The second-order valence-corrected chi connectivity index (χ2v) is 12.4. The number of thiophene rings is 1. The van der Waals surface area contributed by atoms with Gasteiger partial charge < -0.3 is 25.8 Å². The van der Waals surface area contributed by atoms with Crippen LogP contribution in [0.1, 0.15) is 57.5 Å². The molecule has 0 spiro atoms. The van der Waals surface area contributed by atoms with E-state index in [0.717, 1.165) is 27.4 Å². The van der Waals surface area contributed by atoms with E-state index in [1.54, 1.807) is 16.2 Å². The summed E-state index contributed by atoms with van der Waals surface area (Å²) in [5.74, 6) is 1.50. The van der Waals surface area contributed by atoms with Crippen molar-refractivity contribution >= 4 is 47.0 Å². The van der Waals surface area contributed by atoms with Gasteiger partial charge in [0, 0.05) is 16.8 Å². The summed E-state index contributed by atoms with van der Waals surface area (Å²) in [6.07, 6.45) is -0.0774. The van der Waals surface area contributed by atoms with Gasteiger partial charge in [-0.15, -0.1) is 23.7 Å². The molecule has 38 heavy (non-hydrogen) atoms. The fraction of sp³-hybridized carbons (Fsp3) is 0.379. The second kappa shape index (κ2) is 11.3. The van der Waals surface area contributed by atoms with Gasteiger partial charge in [0.1, 0.15) is 23.4 Å². The summed E-state index contributed by atoms with van der Waals surface area (Å²) in [5, 5.41) is 15.9. The Morgan fingerprint density at radius 2 is 1.63 bits per heavy atom. The molecule has 0 bridgehead atoms. The lowest BCUT2D eigenvalue weighted by atomic mass is 9.79. The first-order chi connectivity index (χ1) is 17.3. The number of likely N-dealkylation sites (tertiary alicyclic amines) is 1. The van der Waals surface area contributed by atoms with E-state index in [9.17, 15) is 9.90 Å². The second-order valence-electron chi connectivity index (χ2n) is 11.5.